The molecule has 0 aromatic heterocycles. The first-order valence-electron chi connectivity index (χ1n) is 14.3. The second-order valence-electron chi connectivity index (χ2n) is 9.79. The Balaban J connectivity index is 5.21. The van der Waals surface area contributed by atoms with Crippen molar-refractivity contribution >= 4 is 24.3 Å². The summed E-state index contributed by atoms with van der Waals surface area (Å²) >= 11 is -2.65. The summed E-state index contributed by atoms with van der Waals surface area (Å²) in [6.07, 6.45) is 23.9. The van der Waals surface area contributed by atoms with Gasteiger partial charge in [0.2, 0.25) is 0 Å². The fourth-order valence-corrected chi connectivity index (χ4v) is 22.3. The summed E-state index contributed by atoms with van der Waals surface area (Å²) in [6, 6.07) is 0. The van der Waals surface area contributed by atoms with E-state index in [2.05, 4.69) is 33.8 Å². The molecule has 0 aliphatic heterocycles. The van der Waals surface area contributed by atoms with Crippen LogP contribution in [0.5, 0.6) is 0 Å². The summed E-state index contributed by atoms with van der Waals surface area (Å²) in [5.74, 6) is -0.138. The summed E-state index contributed by atoms with van der Waals surface area (Å²) < 4.78 is 11.0. The van der Waals surface area contributed by atoms with Crippen LogP contribution in [0.3, 0.4) is 0 Å². The number of aliphatic hydroxyl groups excluding tert-OH is 1. The van der Waals surface area contributed by atoms with Crippen molar-refractivity contribution in [2.45, 2.75) is 138 Å². The van der Waals surface area contributed by atoms with Gasteiger partial charge in [-0.1, -0.05) is 6.08 Å². The first kappa shape index (κ1) is 33.4. The normalized spacial score (nSPS) is 13.8. The molecule has 1 unspecified atom stereocenters. The molecular formula is C30H56O3Sn. The van der Waals surface area contributed by atoms with Crippen LogP contribution in [-0.4, -0.2) is 42.2 Å². The monoisotopic (exact) mass is 584 g/mol. The van der Waals surface area contributed by atoms with Gasteiger partial charge in [-0.25, -0.2) is 0 Å². The van der Waals surface area contributed by atoms with E-state index < -0.39 is 18.4 Å². The average Bonchev–Trinajstić information content (AvgIpc) is 2.84. The van der Waals surface area contributed by atoms with Gasteiger partial charge < -0.3 is 0 Å². The summed E-state index contributed by atoms with van der Waals surface area (Å²) in [7, 11) is 0. The average molecular weight is 583 g/mol. The second kappa shape index (κ2) is 22.9. The zero-order valence-electron chi connectivity index (χ0n) is 23.2. The third kappa shape index (κ3) is 15.4. The van der Waals surface area contributed by atoms with Crippen molar-refractivity contribution < 1.29 is 14.6 Å². The van der Waals surface area contributed by atoms with Crippen molar-refractivity contribution in [1.29, 1.82) is 0 Å². The van der Waals surface area contributed by atoms with Gasteiger partial charge in [-0.15, -0.1) is 0 Å². The number of aliphatic hydroxyl groups is 1. The fourth-order valence-electron chi connectivity index (χ4n) is 4.74. The molecule has 0 aromatic carbocycles. The van der Waals surface area contributed by atoms with E-state index in [-0.39, 0.29) is 12.1 Å². The van der Waals surface area contributed by atoms with Crippen LogP contribution in [0.1, 0.15) is 118 Å². The van der Waals surface area contributed by atoms with Crippen LogP contribution in [-0.2, 0) is 9.53 Å². The predicted octanol–water partition coefficient (Wildman–Crippen LogP) is 9.09. The number of carbonyl (C=O) groups excluding carboxylic acids is 1. The summed E-state index contributed by atoms with van der Waals surface area (Å²) in [4.78, 5) is 12.0. The molecule has 0 bridgehead atoms. The Labute approximate surface area is 216 Å². The van der Waals surface area contributed by atoms with E-state index >= 15 is 0 Å². The molecule has 3 nitrogen and oxygen atoms in total. The van der Waals surface area contributed by atoms with Crippen LogP contribution in [0, 0.1) is 0 Å². The van der Waals surface area contributed by atoms with Crippen LogP contribution in [0.2, 0.25) is 13.3 Å². The van der Waals surface area contributed by atoms with Gasteiger partial charge in [0, 0.05) is 0 Å². The molecule has 1 atom stereocenters. The third-order valence-corrected chi connectivity index (χ3v) is 23.1. The number of unbranched alkanes of at least 4 members (excludes halogenated alkanes) is 6. The zero-order valence-corrected chi connectivity index (χ0v) is 26.1. The minimum absolute atomic E-state index is 0.138. The molecule has 0 rings (SSSR count). The van der Waals surface area contributed by atoms with Gasteiger partial charge >= 0.3 is 204 Å². The van der Waals surface area contributed by atoms with Gasteiger partial charge in [-0.2, -0.15) is 0 Å². The summed E-state index contributed by atoms with van der Waals surface area (Å²) in [5, 5.41) is 11.5. The van der Waals surface area contributed by atoms with Crippen LogP contribution in [0.4, 0.5) is 0 Å². The van der Waals surface area contributed by atoms with E-state index in [0.717, 1.165) is 25.7 Å². The Morgan fingerprint density at radius 3 is 1.97 bits per heavy atom. The molecule has 0 saturated heterocycles. The fraction of sp³-hybridized carbons (Fsp3) is 0.767. The maximum atomic E-state index is 12.0. The van der Waals surface area contributed by atoms with Crippen molar-refractivity contribution in [3.8, 4) is 0 Å². The Morgan fingerprint density at radius 1 is 0.853 bits per heavy atom. The Bertz CT molecular complexity index is 558. The molecule has 0 spiro atoms. The van der Waals surface area contributed by atoms with Gasteiger partial charge in [0.1, 0.15) is 0 Å². The van der Waals surface area contributed by atoms with Gasteiger partial charge in [0.15, 0.2) is 0 Å². The molecule has 0 saturated carbocycles. The number of rotatable bonds is 22. The van der Waals surface area contributed by atoms with E-state index in [0.29, 0.717) is 13.0 Å². The number of carbonyl (C=O) groups is 1. The molecule has 0 aromatic rings. The van der Waals surface area contributed by atoms with E-state index in [4.69, 9.17) is 4.74 Å². The van der Waals surface area contributed by atoms with E-state index in [1.165, 1.54) is 68.3 Å². The minimum atomic E-state index is -2.65. The molecule has 198 valence electrons. The maximum absolute atomic E-state index is 12.0. The number of hydrogen-bond acceptors (Lipinski definition) is 3. The molecule has 1 N–H and O–H groups in total. The van der Waals surface area contributed by atoms with Gasteiger partial charge in [-0.3, -0.25) is 0 Å². The zero-order chi connectivity index (χ0) is 25.5. The van der Waals surface area contributed by atoms with Gasteiger partial charge in [0.25, 0.3) is 0 Å². The van der Waals surface area contributed by atoms with Crippen molar-refractivity contribution in [2.75, 3.05) is 6.61 Å². The molecule has 0 aliphatic rings. The van der Waals surface area contributed by atoms with Crippen molar-refractivity contribution in [3.63, 3.8) is 0 Å². The molecule has 0 aliphatic carbocycles. The van der Waals surface area contributed by atoms with Gasteiger partial charge in [-0.05, 0) is 6.92 Å². The topological polar surface area (TPSA) is 46.5 Å². The molecule has 0 amide bonds. The number of esters is 1. The second-order valence-corrected chi connectivity index (χ2v) is 23.0. The van der Waals surface area contributed by atoms with Crippen molar-refractivity contribution in [3.05, 3.63) is 34.0 Å². The third-order valence-electron chi connectivity index (χ3n) is 6.81. The Kier molecular flexibility index (Phi) is 22.5. The van der Waals surface area contributed by atoms with Crippen LogP contribution < -0.4 is 0 Å². The quantitative estimate of drug-likeness (QED) is 0.0599. The van der Waals surface area contributed by atoms with E-state index in [9.17, 15) is 9.90 Å². The molecule has 4 heteroatoms. The summed E-state index contributed by atoms with van der Waals surface area (Å²) in [6.45, 7) is 11.5. The predicted molar refractivity (Wildman–Crippen MR) is 152 cm³/mol. The Morgan fingerprint density at radius 2 is 1.44 bits per heavy atom. The summed E-state index contributed by atoms with van der Waals surface area (Å²) in [5.41, 5.74) is 0. The SMILES string of the molecule is CC=CC=CCOC(=O)CCCCC(O)[C](=CCCCC)[Sn]([CH2]CCC)([CH2]CCC)[CH2]CCC. The first-order chi connectivity index (χ1) is 16.5. The van der Waals surface area contributed by atoms with Crippen LogP contribution in [0.15, 0.2) is 34.0 Å². The van der Waals surface area contributed by atoms with E-state index in [1.807, 2.05) is 31.2 Å². The van der Waals surface area contributed by atoms with Crippen LogP contribution in [0.25, 0.3) is 0 Å². The van der Waals surface area contributed by atoms with Crippen molar-refractivity contribution in [1.82, 2.24) is 0 Å². The molecular weight excluding hydrogens is 527 g/mol. The number of ether oxygens (including phenoxy) is 1. The Hall–Kier alpha value is -0.551. The van der Waals surface area contributed by atoms with Gasteiger partial charge in [0.05, 0.1) is 0 Å². The molecule has 0 fully saturated rings. The standard InChI is InChI=1S/C18H29O3.3C4H9.Sn/c1-3-5-7-9-13-17(19)14-10-11-15-18(20)21-16-12-8-6-4-2;3*1-3-4-2;/h4,6,8-9,12,17,19H,3,5,7,10-11,14-16H2,1-2H3;3*1,3-4H2,2H3;. The van der Waals surface area contributed by atoms with Crippen LogP contribution >= 0.6 is 0 Å². The molecule has 34 heavy (non-hydrogen) atoms. The van der Waals surface area contributed by atoms with E-state index in [1.54, 1.807) is 0 Å². The number of allylic oxidation sites excluding steroid dienone is 4. The first-order valence-corrected chi connectivity index (χ1v) is 21.8. The number of hydrogen-bond donors (Lipinski definition) is 1. The molecule has 0 radical (unpaired) electrons. The van der Waals surface area contributed by atoms with Crippen molar-refractivity contribution in [2.24, 2.45) is 0 Å². The molecule has 0 heterocycles.